The number of methoxy groups -OCH3 is 1. The summed E-state index contributed by atoms with van der Waals surface area (Å²) in [5.74, 6) is 1.16. The van der Waals surface area contributed by atoms with E-state index in [0.717, 1.165) is 5.56 Å². The third-order valence-corrected chi connectivity index (χ3v) is 4.44. The number of pyridine rings is 1. The standard InChI is InChI=1S/C17H20N2O4S/c1-11-17(22)13(8-20)12(7-18-11)9-24-10-16(21)19-14-5-3-4-6-15(14)23-2/h3-7,20,22H,8-10H2,1-2H3,(H,19,21). The molecule has 1 heterocycles. The number of benzene rings is 1. The van der Waals surface area contributed by atoms with Gasteiger partial charge in [0.2, 0.25) is 5.91 Å². The summed E-state index contributed by atoms with van der Waals surface area (Å²) in [5, 5.41) is 22.1. The van der Waals surface area contributed by atoms with Crippen molar-refractivity contribution in [1.29, 1.82) is 0 Å². The molecule has 0 bridgehead atoms. The number of aryl methyl sites for hydroxylation is 1. The molecule has 7 heteroatoms. The second-order valence-electron chi connectivity index (χ2n) is 5.10. The van der Waals surface area contributed by atoms with Crippen LogP contribution in [0, 0.1) is 6.92 Å². The van der Waals surface area contributed by atoms with E-state index in [1.165, 1.54) is 11.8 Å². The number of carbonyl (C=O) groups excluding carboxylic acids is 1. The molecular weight excluding hydrogens is 328 g/mol. The van der Waals surface area contributed by atoms with Gasteiger partial charge in [0.25, 0.3) is 0 Å². The van der Waals surface area contributed by atoms with Crippen LogP contribution in [0.15, 0.2) is 30.5 Å². The highest BCUT2D eigenvalue weighted by molar-refractivity contribution is 7.99. The van der Waals surface area contributed by atoms with Crippen LogP contribution in [-0.2, 0) is 17.2 Å². The molecule has 2 rings (SSSR count). The number of hydrogen-bond donors (Lipinski definition) is 3. The Morgan fingerprint density at radius 2 is 2.12 bits per heavy atom. The Hall–Kier alpha value is -2.25. The van der Waals surface area contributed by atoms with Gasteiger partial charge in [-0.2, -0.15) is 0 Å². The summed E-state index contributed by atoms with van der Waals surface area (Å²) in [7, 11) is 1.55. The van der Waals surface area contributed by atoms with Crippen LogP contribution in [0.3, 0.4) is 0 Å². The monoisotopic (exact) mass is 348 g/mol. The molecule has 0 aliphatic rings. The summed E-state index contributed by atoms with van der Waals surface area (Å²) < 4.78 is 5.19. The fourth-order valence-corrected chi connectivity index (χ4v) is 3.00. The number of anilines is 1. The van der Waals surface area contributed by atoms with Crippen LogP contribution < -0.4 is 10.1 Å². The van der Waals surface area contributed by atoms with Crippen molar-refractivity contribution in [2.75, 3.05) is 18.2 Å². The average Bonchev–Trinajstić information content (AvgIpc) is 2.58. The minimum absolute atomic E-state index is 0.00840. The van der Waals surface area contributed by atoms with Crippen molar-refractivity contribution >= 4 is 23.4 Å². The largest absolute Gasteiger partial charge is 0.506 e. The molecule has 0 fully saturated rings. The Morgan fingerprint density at radius 3 is 2.83 bits per heavy atom. The summed E-state index contributed by atoms with van der Waals surface area (Å²) in [5.41, 5.74) is 2.27. The van der Waals surface area contributed by atoms with E-state index in [0.29, 0.717) is 28.4 Å². The Kier molecular flexibility index (Phi) is 6.45. The van der Waals surface area contributed by atoms with Gasteiger partial charge in [0.05, 0.1) is 30.9 Å². The molecule has 1 aromatic heterocycles. The topological polar surface area (TPSA) is 91.7 Å². The quantitative estimate of drug-likeness (QED) is 0.712. The predicted molar refractivity (Wildman–Crippen MR) is 94.3 cm³/mol. The maximum Gasteiger partial charge on any atom is 0.234 e. The lowest BCUT2D eigenvalue weighted by atomic mass is 10.1. The maximum absolute atomic E-state index is 12.0. The van der Waals surface area contributed by atoms with Gasteiger partial charge in [-0.05, 0) is 24.6 Å². The molecule has 0 spiro atoms. The van der Waals surface area contributed by atoms with Gasteiger partial charge in [0.15, 0.2) is 0 Å². The van der Waals surface area contributed by atoms with Crippen LogP contribution in [0.4, 0.5) is 5.69 Å². The minimum atomic E-state index is -0.265. The molecule has 0 saturated heterocycles. The van der Waals surface area contributed by atoms with E-state index in [2.05, 4.69) is 10.3 Å². The van der Waals surface area contributed by atoms with Crippen molar-refractivity contribution in [1.82, 2.24) is 4.98 Å². The molecule has 6 nitrogen and oxygen atoms in total. The van der Waals surface area contributed by atoms with Crippen LogP contribution in [0.2, 0.25) is 0 Å². The smallest absolute Gasteiger partial charge is 0.234 e. The number of rotatable bonds is 7. The summed E-state index contributed by atoms with van der Waals surface area (Å²) in [4.78, 5) is 16.1. The van der Waals surface area contributed by atoms with Gasteiger partial charge >= 0.3 is 0 Å². The van der Waals surface area contributed by atoms with Crippen LogP contribution >= 0.6 is 11.8 Å². The zero-order chi connectivity index (χ0) is 17.5. The Labute approximate surface area is 144 Å². The number of hydrogen-bond acceptors (Lipinski definition) is 6. The van der Waals surface area contributed by atoms with Crippen molar-refractivity contribution in [2.45, 2.75) is 19.3 Å². The van der Waals surface area contributed by atoms with Crippen molar-refractivity contribution < 1.29 is 19.7 Å². The number of aliphatic hydroxyl groups is 1. The molecule has 128 valence electrons. The van der Waals surface area contributed by atoms with E-state index in [-0.39, 0.29) is 24.0 Å². The molecule has 0 aliphatic carbocycles. The van der Waals surface area contributed by atoms with E-state index in [9.17, 15) is 15.0 Å². The first kappa shape index (κ1) is 18.1. The number of aromatic nitrogens is 1. The number of ether oxygens (including phenoxy) is 1. The predicted octanol–water partition coefficient (Wildman–Crippen LogP) is 2.47. The third-order valence-electron chi connectivity index (χ3n) is 3.46. The van der Waals surface area contributed by atoms with Crippen LogP contribution in [0.5, 0.6) is 11.5 Å². The van der Waals surface area contributed by atoms with Gasteiger partial charge < -0.3 is 20.3 Å². The Balaban J connectivity index is 1.93. The number of nitrogens with one attached hydrogen (secondary N) is 1. The number of aromatic hydroxyl groups is 1. The van der Waals surface area contributed by atoms with Crippen LogP contribution in [-0.4, -0.2) is 34.0 Å². The Morgan fingerprint density at radius 1 is 1.38 bits per heavy atom. The first-order valence-electron chi connectivity index (χ1n) is 7.34. The lowest BCUT2D eigenvalue weighted by Crippen LogP contribution is -2.15. The van der Waals surface area contributed by atoms with E-state index >= 15 is 0 Å². The molecule has 1 amide bonds. The number of aliphatic hydroxyl groups excluding tert-OH is 1. The van der Waals surface area contributed by atoms with Crippen molar-refractivity contribution in [3.05, 3.63) is 47.3 Å². The summed E-state index contributed by atoms with van der Waals surface area (Å²) in [6.45, 7) is 1.41. The van der Waals surface area contributed by atoms with Crippen molar-refractivity contribution in [3.63, 3.8) is 0 Å². The summed E-state index contributed by atoms with van der Waals surface area (Å²) in [6.07, 6.45) is 1.62. The maximum atomic E-state index is 12.0. The number of amides is 1. The lowest BCUT2D eigenvalue weighted by molar-refractivity contribution is -0.113. The van der Waals surface area contributed by atoms with Gasteiger partial charge in [-0.15, -0.1) is 11.8 Å². The molecule has 0 saturated carbocycles. The van der Waals surface area contributed by atoms with Gasteiger partial charge in [0, 0.05) is 17.5 Å². The minimum Gasteiger partial charge on any atom is -0.506 e. The van der Waals surface area contributed by atoms with E-state index in [1.807, 2.05) is 12.1 Å². The average molecular weight is 348 g/mol. The first-order chi connectivity index (χ1) is 11.6. The highest BCUT2D eigenvalue weighted by Gasteiger charge is 2.12. The van der Waals surface area contributed by atoms with Crippen molar-refractivity contribution in [2.24, 2.45) is 0 Å². The molecule has 3 N–H and O–H groups in total. The summed E-state index contributed by atoms with van der Waals surface area (Å²) in [6, 6.07) is 7.19. The molecule has 0 aliphatic heterocycles. The second kappa shape index (κ2) is 8.56. The van der Waals surface area contributed by atoms with Gasteiger partial charge in [-0.3, -0.25) is 9.78 Å². The van der Waals surface area contributed by atoms with Crippen LogP contribution in [0.1, 0.15) is 16.8 Å². The SMILES string of the molecule is COc1ccccc1NC(=O)CSCc1cnc(C)c(O)c1CO. The molecule has 0 atom stereocenters. The molecule has 24 heavy (non-hydrogen) atoms. The highest BCUT2D eigenvalue weighted by Crippen LogP contribution is 2.27. The van der Waals surface area contributed by atoms with Crippen molar-refractivity contribution in [3.8, 4) is 11.5 Å². The second-order valence-corrected chi connectivity index (χ2v) is 6.08. The number of carbonyl (C=O) groups is 1. The highest BCUT2D eigenvalue weighted by atomic mass is 32.2. The number of nitrogens with zero attached hydrogens (tertiary/aromatic N) is 1. The normalized spacial score (nSPS) is 10.5. The molecule has 0 unspecified atom stereocenters. The van der Waals surface area contributed by atoms with Gasteiger partial charge in [-0.25, -0.2) is 0 Å². The van der Waals surface area contributed by atoms with Crippen LogP contribution in [0.25, 0.3) is 0 Å². The van der Waals surface area contributed by atoms with E-state index in [1.54, 1.807) is 32.4 Å². The summed E-state index contributed by atoms with van der Waals surface area (Å²) >= 11 is 1.38. The molecule has 1 aromatic carbocycles. The molecular formula is C17H20N2O4S. The Bertz CT molecular complexity index is 722. The fourth-order valence-electron chi connectivity index (χ4n) is 2.17. The zero-order valence-electron chi connectivity index (χ0n) is 13.6. The first-order valence-corrected chi connectivity index (χ1v) is 8.50. The van der Waals surface area contributed by atoms with E-state index in [4.69, 9.17) is 4.74 Å². The molecule has 0 radical (unpaired) electrons. The number of para-hydroxylation sites is 2. The van der Waals surface area contributed by atoms with Gasteiger partial charge in [0.1, 0.15) is 11.5 Å². The number of thioether (sulfide) groups is 1. The lowest BCUT2D eigenvalue weighted by Gasteiger charge is -2.11. The third kappa shape index (κ3) is 4.39. The zero-order valence-corrected chi connectivity index (χ0v) is 14.4. The molecule has 2 aromatic rings. The van der Waals surface area contributed by atoms with E-state index < -0.39 is 0 Å². The van der Waals surface area contributed by atoms with Gasteiger partial charge in [-0.1, -0.05) is 12.1 Å². The fraction of sp³-hybridized carbons (Fsp3) is 0.294.